The molecule has 0 saturated heterocycles. The van der Waals surface area contributed by atoms with Crippen LogP contribution >= 0.6 is 0 Å². The molecule has 2 aromatic heterocycles. The average molecular weight is 391 g/mol. The van der Waals surface area contributed by atoms with E-state index in [0.717, 1.165) is 22.2 Å². The molecule has 0 radical (unpaired) electrons. The predicted octanol–water partition coefficient (Wildman–Crippen LogP) is 3.57. The highest BCUT2D eigenvalue weighted by atomic mass is 32.2. The number of benzene rings is 3. The van der Waals surface area contributed by atoms with Gasteiger partial charge in [0.1, 0.15) is 10.4 Å². The Hall–Kier alpha value is -3.72. The molecular weight excluding hydrogens is 378 g/mol. The number of hydrogen-bond donors (Lipinski definition) is 2. The third kappa shape index (κ3) is 2.69. The number of anilines is 1. The second kappa shape index (κ2) is 6.17. The van der Waals surface area contributed by atoms with Gasteiger partial charge in [-0.1, -0.05) is 36.4 Å². The topological polar surface area (TPSA) is 114 Å². The summed E-state index contributed by atoms with van der Waals surface area (Å²) in [4.78, 5) is 0.00169. The van der Waals surface area contributed by atoms with Crippen molar-refractivity contribution in [2.75, 3.05) is 4.72 Å². The first kappa shape index (κ1) is 16.5. The van der Waals surface area contributed by atoms with Crippen molar-refractivity contribution < 1.29 is 13.0 Å². The monoisotopic (exact) mass is 391 g/mol. The van der Waals surface area contributed by atoms with Crippen molar-refractivity contribution in [3.8, 4) is 11.3 Å². The van der Waals surface area contributed by atoms with Gasteiger partial charge >= 0.3 is 0 Å². The Morgan fingerprint density at radius 3 is 2.64 bits per heavy atom. The second-order valence-electron chi connectivity index (χ2n) is 6.19. The molecule has 2 N–H and O–H groups in total. The van der Waals surface area contributed by atoms with Crippen LogP contribution in [0.25, 0.3) is 33.2 Å². The summed E-state index contributed by atoms with van der Waals surface area (Å²) in [6.45, 7) is 0. The van der Waals surface area contributed by atoms with E-state index in [4.69, 9.17) is 0 Å². The first-order chi connectivity index (χ1) is 13.6. The van der Waals surface area contributed by atoms with Crippen LogP contribution in [-0.4, -0.2) is 28.9 Å². The average Bonchev–Trinajstić information content (AvgIpc) is 3.34. The van der Waals surface area contributed by atoms with Gasteiger partial charge in [-0.2, -0.15) is 5.10 Å². The van der Waals surface area contributed by atoms with Crippen LogP contribution in [0.3, 0.4) is 0 Å². The standard InChI is InChI=1S/C19H13N5O3S/c25-28(26,17-8-4-7-16-19(17)23-27-22-16)24-13-9-10-15-14(11-13)18(21-20-15)12-5-2-1-3-6-12/h1-11,24H,(H,20,21). The molecule has 3 aromatic carbocycles. The van der Waals surface area contributed by atoms with Gasteiger partial charge in [-0.05, 0) is 40.6 Å². The molecule has 0 spiro atoms. The number of rotatable bonds is 4. The molecule has 0 atom stereocenters. The number of sulfonamides is 1. The predicted molar refractivity (Wildman–Crippen MR) is 104 cm³/mol. The van der Waals surface area contributed by atoms with E-state index in [2.05, 4.69) is 29.9 Å². The summed E-state index contributed by atoms with van der Waals surface area (Å²) in [5, 5.41) is 15.5. The first-order valence-corrected chi connectivity index (χ1v) is 9.88. The van der Waals surface area contributed by atoms with E-state index < -0.39 is 10.0 Å². The fourth-order valence-corrected chi connectivity index (χ4v) is 4.30. The molecule has 5 aromatic rings. The molecule has 0 saturated carbocycles. The third-order valence-electron chi connectivity index (χ3n) is 4.40. The van der Waals surface area contributed by atoms with E-state index in [9.17, 15) is 8.42 Å². The number of nitrogens with zero attached hydrogens (tertiary/aromatic N) is 3. The van der Waals surface area contributed by atoms with Gasteiger partial charge in [0, 0.05) is 16.6 Å². The molecule has 0 amide bonds. The number of hydrogen-bond acceptors (Lipinski definition) is 6. The van der Waals surface area contributed by atoms with E-state index in [0.29, 0.717) is 11.2 Å². The lowest BCUT2D eigenvalue weighted by atomic mass is 10.1. The van der Waals surface area contributed by atoms with Crippen molar-refractivity contribution in [1.82, 2.24) is 20.5 Å². The highest BCUT2D eigenvalue weighted by Crippen LogP contribution is 2.29. The minimum atomic E-state index is -3.88. The van der Waals surface area contributed by atoms with Gasteiger partial charge in [-0.3, -0.25) is 9.82 Å². The van der Waals surface area contributed by atoms with E-state index in [-0.39, 0.29) is 10.4 Å². The zero-order chi connectivity index (χ0) is 19.1. The van der Waals surface area contributed by atoms with Crippen LogP contribution in [-0.2, 0) is 10.0 Å². The van der Waals surface area contributed by atoms with Crippen molar-refractivity contribution in [2.24, 2.45) is 0 Å². The van der Waals surface area contributed by atoms with Crippen LogP contribution < -0.4 is 4.72 Å². The summed E-state index contributed by atoms with van der Waals surface area (Å²) in [7, 11) is -3.88. The van der Waals surface area contributed by atoms with Gasteiger partial charge in [-0.15, -0.1) is 0 Å². The van der Waals surface area contributed by atoms with Gasteiger partial charge in [0.15, 0.2) is 5.52 Å². The molecule has 28 heavy (non-hydrogen) atoms. The van der Waals surface area contributed by atoms with Crippen molar-refractivity contribution in [3.63, 3.8) is 0 Å². The number of H-pyrrole nitrogens is 1. The summed E-state index contributed by atoms with van der Waals surface area (Å²) in [6.07, 6.45) is 0. The summed E-state index contributed by atoms with van der Waals surface area (Å²) in [5.74, 6) is 0. The normalized spacial score (nSPS) is 11.9. The van der Waals surface area contributed by atoms with Gasteiger partial charge < -0.3 is 0 Å². The highest BCUT2D eigenvalue weighted by Gasteiger charge is 2.21. The molecule has 8 nitrogen and oxygen atoms in total. The molecule has 2 heterocycles. The summed E-state index contributed by atoms with van der Waals surface area (Å²) in [6, 6.07) is 19.6. The van der Waals surface area contributed by atoms with Gasteiger partial charge in [0.2, 0.25) is 0 Å². The lowest BCUT2D eigenvalue weighted by Crippen LogP contribution is -2.13. The maximum atomic E-state index is 12.9. The Kier molecular flexibility index (Phi) is 3.63. The summed E-state index contributed by atoms with van der Waals surface area (Å²) in [5.41, 5.74) is 3.47. The van der Waals surface area contributed by atoms with Crippen LogP contribution in [0, 0.1) is 0 Å². The van der Waals surface area contributed by atoms with Crippen LogP contribution in [0.2, 0.25) is 0 Å². The molecule has 0 aliphatic carbocycles. The summed E-state index contributed by atoms with van der Waals surface area (Å²) >= 11 is 0. The quantitative estimate of drug-likeness (QED) is 0.484. The Morgan fingerprint density at radius 1 is 0.929 bits per heavy atom. The molecule has 0 aliphatic heterocycles. The van der Waals surface area contributed by atoms with Crippen molar-refractivity contribution in [1.29, 1.82) is 0 Å². The van der Waals surface area contributed by atoms with Gasteiger partial charge in [-0.25, -0.2) is 13.0 Å². The molecule has 138 valence electrons. The Balaban J connectivity index is 1.57. The Morgan fingerprint density at radius 2 is 1.79 bits per heavy atom. The van der Waals surface area contributed by atoms with Gasteiger partial charge in [0.25, 0.3) is 10.0 Å². The zero-order valence-electron chi connectivity index (χ0n) is 14.3. The largest absolute Gasteiger partial charge is 0.280 e. The van der Waals surface area contributed by atoms with Crippen molar-refractivity contribution in [2.45, 2.75) is 4.90 Å². The fourth-order valence-electron chi connectivity index (χ4n) is 3.10. The number of aromatic nitrogens is 4. The lowest BCUT2D eigenvalue weighted by molar-refractivity contribution is 0.315. The maximum absolute atomic E-state index is 12.9. The molecule has 9 heteroatoms. The zero-order valence-corrected chi connectivity index (χ0v) is 15.1. The van der Waals surface area contributed by atoms with E-state index in [1.54, 1.807) is 30.3 Å². The fraction of sp³-hybridized carbons (Fsp3) is 0. The van der Waals surface area contributed by atoms with E-state index in [1.165, 1.54) is 6.07 Å². The number of aromatic amines is 1. The van der Waals surface area contributed by atoms with Crippen LogP contribution in [0.5, 0.6) is 0 Å². The van der Waals surface area contributed by atoms with Crippen LogP contribution in [0.1, 0.15) is 0 Å². The number of fused-ring (bicyclic) bond motifs is 2. The molecule has 0 unspecified atom stereocenters. The molecule has 5 rings (SSSR count). The van der Waals surface area contributed by atoms with E-state index >= 15 is 0 Å². The van der Waals surface area contributed by atoms with Gasteiger partial charge in [0.05, 0.1) is 11.2 Å². The highest BCUT2D eigenvalue weighted by molar-refractivity contribution is 7.93. The molecule has 0 fully saturated rings. The summed E-state index contributed by atoms with van der Waals surface area (Å²) < 4.78 is 33.1. The minimum absolute atomic E-state index is 0.00169. The maximum Gasteiger partial charge on any atom is 0.264 e. The minimum Gasteiger partial charge on any atom is -0.280 e. The Bertz CT molecular complexity index is 1410. The lowest BCUT2D eigenvalue weighted by Gasteiger charge is -2.08. The number of nitrogens with one attached hydrogen (secondary N) is 2. The van der Waals surface area contributed by atoms with Crippen molar-refractivity contribution in [3.05, 3.63) is 66.7 Å². The van der Waals surface area contributed by atoms with E-state index in [1.807, 2.05) is 30.3 Å². The Labute approximate surface area is 159 Å². The SMILES string of the molecule is O=S(=O)(Nc1ccc2[nH]nc(-c3ccccc3)c2c1)c1cccc2nonc12. The smallest absolute Gasteiger partial charge is 0.264 e. The van der Waals surface area contributed by atoms with Crippen LogP contribution in [0.15, 0.2) is 76.3 Å². The third-order valence-corrected chi connectivity index (χ3v) is 5.81. The first-order valence-electron chi connectivity index (χ1n) is 8.39. The molecule has 0 aliphatic rings. The molecular formula is C19H13N5O3S. The molecule has 0 bridgehead atoms. The van der Waals surface area contributed by atoms with Crippen molar-refractivity contribution >= 4 is 37.6 Å². The van der Waals surface area contributed by atoms with Crippen LogP contribution in [0.4, 0.5) is 5.69 Å². The second-order valence-corrected chi connectivity index (χ2v) is 7.84.